The Balaban J connectivity index is 1.58. The number of hydrogen-bond acceptors (Lipinski definition) is 5. The summed E-state index contributed by atoms with van der Waals surface area (Å²) in [4.78, 5) is 18.3. The minimum atomic E-state index is -0.234. The van der Waals surface area contributed by atoms with Gasteiger partial charge in [-0.2, -0.15) is 0 Å². The summed E-state index contributed by atoms with van der Waals surface area (Å²) in [6.45, 7) is 7.85. The number of amides is 1. The van der Waals surface area contributed by atoms with Crippen molar-refractivity contribution in [2.24, 2.45) is 4.99 Å². The van der Waals surface area contributed by atoms with Crippen LogP contribution in [0.5, 0.6) is 11.5 Å². The molecule has 0 aliphatic carbocycles. The smallest absolute Gasteiger partial charge is 0.409 e. The molecule has 2 heterocycles. The normalized spacial score (nSPS) is 17.1. The molecule has 0 radical (unpaired) electrons. The fourth-order valence-corrected chi connectivity index (χ4v) is 3.65. The highest BCUT2D eigenvalue weighted by atomic mass is 35.5. The van der Waals surface area contributed by atoms with E-state index in [9.17, 15) is 4.79 Å². The zero-order valence-corrected chi connectivity index (χ0v) is 17.8. The van der Waals surface area contributed by atoms with Crippen LogP contribution in [0, 0.1) is 0 Å². The molecule has 0 unspecified atom stereocenters. The van der Waals surface area contributed by atoms with Gasteiger partial charge >= 0.3 is 6.09 Å². The second kappa shape index (κ2) is 10.4. The largest absolute Gasteiger partial charge is 0.486 e. The summed E-state index contributed by atoms with van der Waals surface area (Å²) >= 11 is 6.31. The van der Waals surface area contributed by atoms with Gasteiger partial charge in [0.25, 0.3) is 0 Å². The third-order valence-corrected chi connectivity index (χ3v) is 5.06. The van der Waals surface area contributed by atoms with E-state index in [0.29, 0.717) is 56.0 Å². The van der Waals surface area contributed by atoms with Crippen molar-refractivity contribution in [3.8, 4) is 11.5 Å². The Morgan fingerprint density at radius 2 is 2.03 bits per heavy atom. The summed E-state index contributed by atoms with van der Waals surface area (Å²) in [6.07, 6.45) is 1.46. The number of rotatable bonds is 5. The summed E-state index contributed by atoms with van der Waals surface area (Å²) in [5, 5.41) is 7.28. The van der Waals surface area contributed by atoms with Gasteiger partial charge in [0.05, 0.1) is 18.2 Å². The zero-order valence-electron chi connectivity index (χ0n) is 17.0. The van der Waals surface area contributed by atoms with Crippen molar-refractivity contribution in [2.45, 2.75) is 39.3 Å². The summed E-state index contributed by atoms with van der Waals surface area (Å²) in [7, 11) is 0. The minimum Gasteiger partial charge on any atom is -0.486 e. The molecule has 0 bridgehead atoms. The van der Waals surface area contributed by atoms with Crippen molar-refractivity contribution in [3.63, 3.8) is 0 Å². The topological polar surface area (TPSA) is 84.4 Å². The van der Waals surface area contributed by atoms with E-state index in [0.717, 1.165) is 30.9 Å². The number of benzene rings is 1. The number of nitrogens with zero attached hydrogens (tertiary/aromatic N) is 2. The first kappa shape index (κ1) is 21.4. The second-order valence-corrected chi connectivity index (χ2v) is 7.31. The maximum Gasteiger partial charge on any atom is 0.409 e. The first-order valence-corrected chi connectivity index (χ1v) is 10.5. The van der Waals surface area contributed by atoms with Crippen LogP contribution in [0.1, 0.15) is 32.3 Å². The number of fused-ring (bicyclic) bond motifs is 1. The number of halogens is 1. The maximum atomic E-state index is 11.8. The molecular formula is C20H29ClN4O4. The molecule has 2 N–H and O–H groups in total. The molecule has 1 fully saturated rings. The summed E-state index contributed by atoms with van der Waals surface area (Å²) in [5.41, 5.74) is 0.952. The van der Waals surface area contributed by atoms with E-state index < -0.39 is 0 Å². The van der Waals surface area contributed by atoms with Gasteiger partial charge in [-0.05, 0) is 44.4 Å². The highest BCUT2D eigenvalue weighted by Crippen LogP contribution is 2.38. The molecule has 9 heteroatoms. The number of nitrogens with one attached hydrogen (secondary N) is 2. The lowest BCUT2D eigenvalue weighted by atomic mass is 10.1. The van der Waals surface area contributed by atoms with E-state index in [4.69, 9.17) is 25.8 Å². The molecule has 29 heavy (non-hydrogen) atoms. The molecule has 160 valence electrons. The van der Waals surface area contributed by atoms with Crippen LogP contribution < -0.4 is 20.1 Å². The van der Waals surface area contributed by atoms with Gasteiger partial charge in [-0.15, -0.1) is 0 Å². The van der Waals surface area contributed by atoms with Crippen molar-refractivity contribution in [1.82, 2.24) is 15.5 Å². The number of aliphatic imine (C=N–C) groups is 1. The predicted molar refractivity (Wildman–Crippen MR) is 112 cm³/mol. The van der Waals surface area contributed by atoms with Crippen LogP contribution >= 0.6 is 11.6 Å². The predicted octanol–water partition coefficient (Wildman–Crippen LogP) is 2.79. The van der Waals surface area contributed by atoms with Crippen molar-refractivity contribution < 1.29 is 19.0 Å². The van der Waals surface area contributed by atoms with Crippen LogP contribution in [-0.2, 0) is 11.3 Å². The van der Waals surface area contributed by atoms with Crippen molar-refractivity contribution in [1.29, 1.82) is 0 Å². The molecule has 2 aliphatic heterocycles. The number of carbonyl (C=O) groups is 1. The fraction of sp³-hybridized carbons (Fsp3) is 0.600. The zero-order chi connectivity index (χ0) is 20.6. The summed E-state index contributed by atoms with van der Waals surface area (Å²) < 4.78 is 16.3. The quantitative estimate of drug-likeness (QED) is 0.558. The van der Waals surface area contributed by atoms with Crippen LogP contribution in [0.25, 0.3) is 0 Å². The Bertz CT molecular complexity index is 735. The van der Waals surface area contributed by atoms with E-state index in [2.05, 4.69) is 15.6 Å². The van der Waals surface area contributed by atoms with Crippen LogP contribution in [0.3, 0.4) is 0 Å². The molecular weight excluding hydrogens is 396 g/mol. The van der Waals surface area contributed by atoms with E-state index in [1.54, 1.807) is 4.90 Å². The fourth-order valence-electron chi connectivity index (χ4n) is 3.36. The molecule has 2 aliphatic rings. The SMILES string of the molecule is CCNC(=NCc1cc(Cl)c2c(c1)OCCO2)NC1CCN(C(=O)OCC)CC1. The van der Waals surface area contributed by atoms with Gasteiger partial charge in [0.2, 0.25) is 0 Å². The van der Waals surface area contributed by atoms with Crippen LogP contribution in [0.4, 0.5) is 4.79 Å². The molecule has 0 aromatic heterocycles. The van der Waals surface area contributed by atoms with Gasteiger partial charge in [-0.3, -0.25) is 0 Å². The molecule has 1 aromatic carbocycles. The first-order chi connectivity index (χ1) is 14.1. The lowest BCUT2D eigenvalue weighted by molar-refractivity contribution is 0.0963. The van der Waals surface area contributed by atoms with Crippen LogP contribution in [0.15, 0.2) is 17.1 Å². The van der Waals surface area contributed by atoms with Crippen molar-refractivity contribution in [2.75, 3.05) is 39.5 Å². The Morgan fingerprint density at radius 1 is 1.28 bits per heavy atom. The lowest BCUT2D eigenvalue weighted by Crippen LogP contribution is -2.49. The van der Waals surface area contributed by atoms with Crippen molar-refractivity contribution >= 4 is 23.7 Å². The number of ether oxygens (including phenoxy) is 3. The second-order valence-electron chi connectivity index (χ2n) is 6.90. The monoisotopic (exact) mass is 424 g/mol. The number of guanidine groups is 1. The molecule has 0 spiro atoms. The molecule has 1 aromatic rings. The first-order valence-electron chi connectivity index (χ1n) is 10.1. The van der Waals surface area contributed by atoms with Gasteiger partial charge in [-0.25, -0.2) is 9.79 Å². The Morgan fingerprint density at radius 3 is 2.76 bits per heavy atom. The third-order valence-electron chi connectivity index (χ3n) is 4.78. The number of likely N-dealkylation sites (tertiary alicyclic amines) is 1. The van der Waals surface area contributed by atoms with Crippen LogP contribution in [0.2, 0.25) is 5.02 Å². The standard InChI is InChI=1S/C20H29ClN4O4/c1-3-22-19(24-15-5-7-25(8-6-15)20(26)27-4-2)23-13-14-11-16(21)18-17(12-14)28-9-10-29-18/h11-12,15H,3-10,13H2,1-2H3,(H2,22,23,24). The van der Waals surface area contributed by atoms with Crippen LogP contribution in [-0.4, -0.2) is 62.4 Å². The molecule has 0 saturated carbocycles. The number of piperidine rings is 1. The van der Waals surface area contributed by atoms with Gasteiger partial charge in [0, 0.05) is 25.7 Å². The number of carbonyl (C=O) groups excluding carboxylic acids is 1. The van der Waals surface area contributed by atoms with E-state index >= 15 is 0 Å². The minimum absolute atomic E-state index is 0.234. The molecule has 1 saturated heterocycles. The third kappa shape index (κ3) is 5.82. The molecule has 0 atom stereocenters. The van der Waals surface area contributed by atoms with E-state index in [1.165, 1.54) is 0 Å². The highest BCUT2D eigenvalue weighted by Gasteiger charge is 2.24. The Hall–Kier alpha value is -2.35. The summed E-state index contributed by atoms with van der Waals surface area (Å²) in [6, 6.07) is 4.04. The van der Waals surface area contributed by atoms with Gasteiger partial charge in [0.1, 0.15) is 13.2 Å². The average molecular weight is 425 g/mol. The molecule has 1 amide bonds. The molecule has 3 rings (SSSR count). The van der Waals surface area contributed by atoms with Crippen molar-refractivity contribution in [3.05, 3.63) is 22.7 Å². The maximum absolute atomic E-state index is 11.8. The van der Waals surface area contributed by atoms with Gasteiger partial charge < -0.3 is 29.7 Å². The summed E-state index contributed by atoms with van der Waals surface area (Å²) in [5.74, 6) is 2.01. The lowest BCUT2D eigenvalue weighted by Gasteiger charge is -2.32. The molecule has 8 nitrogen and oxygen atoms in total. The average Bonchev–Trinajstić information content (AvgIpc) is 2.73. The van der Waals surface area contributed by atoms with Gasteiger partial charge in [0.15, 0.2) is 17.5 Å². The van der Waals surface area contributed by atoms with E-state index in [-0.39, 0.29) is 12.1 Å². The van der Waals surface area contributed by atoms with Gasteiger partial charge in [-0.1, -0.05) is 11.6 Å². The Labute approximate surface area is 176 Å². The Kier molecular flexibility index (Phi) is 7.69. The van der Waals surface area contributed by atoms with E-state index in [1.807, 2.05) is 26.0 Å². The number of hydrogen-bond donors (Lipinski definition) is 2. The highest BCUT2D eigenvalue weighted by molar-refractivity contribution is 6.32.